The minimum Gasteiger partial charge on any atom is -0.463 e. The van der Waals surface area contributed by atoms with Gasteiger partial charge in [0.25, 0.3) is 5.56 Å². The first-order valence-electron chi connectivity index (χ1n) is 12.7. The fourth-order valence-electron chi connectivity index (χ4n) is 4.37. The molecule has 226 valence electrons. The number of fused-ring (bicyclic) bond motifs is 1. The number of rotatable bonds is 10. The third kappa shape index (κ3) is 6.59. The van der Waals surface area contributed by atoms with Crippen LogP contribution in [0.4, 0.5) is 10.3 Å². The van der Waals surface area contributed by atoms with Crippen LogP contribution >= 0.6 is 30.8 Å². The van der Waals surface area contributed by atoms with Crippen LogP contribution in [-0.4, -0.2) is 61.6 Å². The number of aliphatic hydroxyl groups excluding tert-OH is 1. The number of alkyl halides is 1. The summed E-state index contributed by atoms with van der Waals surface area (Å²) in [5.41, 5.74) is 4.58. The van der Waals surface area contributed by atoms with Gasteiger partial charge in [0.2, 0.25) is 5.95 Å². The van der Waals surface area contributed by atoms with Crippen molar-refractivity contribution in [1.82, 2.24) is 14.5 Å². The molecule has 0 bridgehead atoms. The first-order chi connectivity index (χ1) is 19.8. The number of hydrogen-bond acceptors (Lipinski definition) is 10. The lowest BCUT2D eigenvalue weighted by Gasteiger charge is -2.26. The highest BCUT2D eigenvalue weighted by Gasteiger charge is 2.57. The Morgan fingerprint density at radius 2 is 2.05 bits per heavy atom. The molecule has 1 unspecified atom stereocenters. The number of esters is 1. The van der Waals surface area contributed by atoms with E-state index < -0.39 is 72.3 Å². The largest absolute Gasteiger partial charge is 0.463 e. The number of ether oxygens (including phenoxy) is 2. The standard InChI is InChI=1S/C26H28Cl2FN4O8P/c1-14(2)39-23(36)15(3)13-42(37,41-16-7-5-4-6-8-16)38-12-18-20(34)26(28,9-10-27)24(40-18)33-11-17(29)19-21(33)31-25(30)32-22(19)35/h4-8,11,14-15,18,20,24,34H,12-13H2,1-3H3,(H3,30,31,32,35)/t15-,18-,20+,24-,26?,42+/m1/s1. The second-order valence-corrected chi connectivity index (χ2v) is 12.7. The minimum absolute atomic E-state index is 0.207. The first-order valence-corrected chi connectivity index (χ1v) is 15.2. The second-order valence-electron chi connectivity index (χ2n) is 9.87. The first kappa shape index (κ1) is 31.8. The van der Waals surface area contributed by atoms with Gasteiger partial charge in [-0.05, 0) is 37.6 Å². The van der Waals surface area contributed by atoms with Gasteiger partial charge >= 0.3 is 13.6 Å². The zero-order valence-electron chi connectivity index (χ0n) is 22.6. The number of para-hydroxylation sites is 1. The average molecular weight is 645 g/mol. The lowest BCUT2D eigenvalue weighted by atomic mass is 9.99. The van der Waals surface area contributed by atoms with Crippen LogP contribution in [0.15, 0.2) is 41.3 Å². The number of aromatic nitrogens is 3. The summed E-state index contributed by atoms with van der Waals surface area (Å²) in [5.74, 6) is -0.101. The molecule has 0 aliphatic carbocycles. The Kier molecular flexibility index (Phi) is 9.57. The number of carbonyl (C=O) groups excluding carboxylic acids is 1. The highest BCUT2D eigenvalue weighted by molar-refractivity contribution is 7.54. The molecule has 0 spiro atoms. The Bertz CT molecular complexity index is 1630. The predicted octanol–water partition coefficient (Wildman–Crippen LogP) is 3.76. The topological polar surface area (TPSA) is 168 Å². The van der Waals surface area contributed by atoms with Crippen LogP contribution in [0.25, 0.3) is 11.0 Å². The van der Waals surface area contributed by atoms with E-state index in [-0.39, 0.29) is 23.5 Å². The van der Waals surface area contributed by atoms with Crippen molar-refractivity contribution in [1.29, 1.82) is 0 Å². The molecule has 6 atom stereocenters. The zero-order chi connectivity index (χ0) is 30.8. The molecule has 1 aliphatic heterocycles. The van der Waals surface area contributed by atoms with Crippen LogP contribution in [0.5, 0.6) is 5.75 Å². The quantitative estimate of drug-likeness (QED) is 0.128. The molecule has 1 aliphatic rings. The van der Waals surface area contributed by atoms with Gasteiger partial charge in [-0.3, -0.25) is 23.7 Å². The molecule has 12 nitrogen and oxygen atoms in total. The van der Waals surface area contributed by atoms with E-state index in [1.807, 2.05) is 0 Å². The highest BCUT2D eigenvalue weighted by Crippen LogP contribution is 2.52. The molecule has 3 aromatic rings. The Labute approximate surface area is 249 Å². The number of anilines is 1. The van der Waals surface area contributed by atoms with Crippen molar-refractivity contribution in [3.8, 4) is 17.0 Å². The van der Waals surface area contributed by atoms with Gasteiger partial charge in [-0.25, -0.2) is 8.96 Å². The van der Waals surface area contributed by atoms with E-state index in [2.05, 4.69) is 21.3 Å². The highest BCUT2D eigenvalue weighted by atomic mass is 35.5. The maximum absolute atomic E-state index is 14.8. The maximum atomic E-state index is 14.8. The lowest BCUT2D eigenvalue weighted by Crippen LogP contribution is -2.41. The number of hydrogen-bond donors (Lipinski definition) is 3. The van der Waals surface area contributed by atoms with Gasteiger partial charge < -0.3 is 24.8 Å². The van der Waals surface area contributed by atoms with Gasteiger partial charge in [-0.2, -0.15) is 4.98 Å². The molecule has 0 amide bonds. The van der Waals surface area contributed by atoms with Gasteiger partial charge in [-0.15, -0.1) is 0 Å². The van der Waals surface area contributed by atoms with Crippen LogP contribution < -0.4 is 15.8 Å². The molecule has 0 radical (unpaired) electrons. The van der Waals surface area contributed by atoms with Crippen LogP contribution in [0.2, 0.25) is 0 Å². The van der Waals surface area contributed by atoms with Crippen molar-refractivity contribution in [3.63, 3.8) is 0 Å². The molecule has 1 saturated heterocycles. The third-order valence-corrected chi connectivity index (χ3v) is 8.89. The number of H-pyrrole nitrogens is 1. The van der Waals surface area contributed by atoms with E-state index >= 15 is 0 Å². The summed E-state index contributed by atoms with van der Waals surface area (Å²) in [4.78, 5) is 29.0. The van der Waals surface area contributed by atoms with Gasteiger partial charge in [0.05, 0.1) is 24.8 Å². The molecule has 4 N–H and O–H groups in total. The molecule has 16 heteroatoms. The molecule has 0 saturated carbocycles. The molecule has 1 aromatic carbocycles. The zero-order valence-corrected chi connectivity index (χ0v) is 25.0. The average Bonchev–Trinajstić information content (AvgIpc) is 3.36. The fraction of sp³-hybridized carbons (Fsp3) is 0.423. The Balaban J connectivity index is 1.64. The predicted molar refractivity (Wildman–Crippen MR) is 153 cm³/mol. The number of halogens is 3. The van der Waals surface area contributed by atoms with Crippen molar-refractivity contribution in [2.75, 3.05) is 18.5 Å². The van der Waals surface area contributed by atoms with Crippen molar-refractivity contribution in [3.05, 3.63) is 52.7 Å². The van der Waals surface area contributed by atoms with Crippen LogP contribution in [-0.2, 0) is 23.4 Å². The fourth-order valence-corrected chi connectivity index (χ4v) is 6.79. The summed E-state index contributed by atoms with van der Waals surface area (Å²) in [5, 5.41) is 12.9. The molecule has 3 heterocycles. The van der Waals surface area contributed by atoms with Gasteiger partial charge in [0.1, 0.15) is 23.3 Å². The number of carbonyl (C=O) groups is 1. The van der Waals surface area contributed by atoms with E-state index in [4.69, 9.17) is 47.5 Å². The number of aliphatic hydroxyl groups is 1. The number of nitrogens with two attached hydrogens (primary N) is 1. The maximum Gasteiger partial charge on any atom is 0.380 e. The van der Waals surface area contributed by atoms with Gasteiger partial charge in [0, 0.05) is 11.6 Å². The van der Waals surface area contributed by atoms with Crippen molar-refractivity contribution in [2.24, 2.45) is 5.92 Å². The Morgan fingerprint density at radius 1 is 1.36 bits per heavy atom. The number of benzene rings is 1. The Hall–Kier alpha value is -3.11. The van der Waals surface area contributed by atoms with Crippen LogP contribution in [0, 0.1) is 23.0 Å². The van der Waals surface area contributed by atoms with Crippen LogP contribution in [0.3, 0.4) is 0 Å². The minimum atomic E-state index is -4.11. The molecule has 4 rings (SSSR count). The van der Waals surface area contributed by atoms with Crippen molar-refractivity contribution < 1.29 is 37.4 Å². The third-order valence-electron chi connectivity index (χ3n) is 6.27. The summed E-state index contributed by atoms with van der Waals surface area (Å²) in [6.45, 7) is 4.30. The van der Waals surface area contributed by atoms with E-state index in [0.717, 1.165) is 10.8 Å². The molecule has 42 heavy (non-hydrogen) atoms. The SMILES string of the molecule is CC(C)OC(=O)[C@H](C)C[P@](=O)(OC[C@H]1O[C@@H](n2cc(F)c3c(=O)[nH]c(N)nc32)C(Cl)(C#CCl)[C@H]1O)Oc1ccccc1. The number of aromatic amines is 1. The van der Waals surface area contributed by atoms with E-state index in [1.165, 1.54) is 6.92 Å². The van der Waals surface area contributed by atoms with Crippen LogP contribution in [0.1, 0.15) is 27.0 Å². The summed E-state index contributed by atoms with van der Waals surface area (Å²) < 4.78 is 52.4. The van der Waals surface area contributed by atoms with E-state index in [0.29, 0.717) is 0 Å². The molecule has 2 aromatic heterocycles. The Morgan fingerprint density at radius 3 is 2.69 bits per heavy atom. The van der Waals surface area contributed by atoms with Gasteiger partial charge in [-0.1, -0.05) is 42.6 Å². The summed E-state index contributed by atoms with van der Waals surface area (Å²) in [6, 6.07) is 8.14. The number of nitrogens with zero attached hydrogens (tertiary/aromatic N) is 2. The van der Waals surface area contributed by atoms with Gasteiger partial charge in [0.15, 0.2) is 22.6 Å². The van der Waals surface area contributed by atoms with E-state index in [9.17, 15) is 23.7 Å². The monoisotopic (exact) mass is 644 g/mol. The summed E-state index contributed by atoms with van der Waals surface area (Å²) in [6.07, 6.45) is -4.31. The number of nitrogens with one attached hydrogen (secondary N) is 1. The molecular weight excluding hydrogens is 617 g/mol. The number of nitrogen functional groups attached to an aromatic ring is 1. The van der Waals surface area contributed by atoms with Crippen molar-refractivity contribution >= 4 is 53.7 Å². The lowest BCUT2D eigenvalue weighted by molar-refractivity contribution is -0.151. The summed E-state index contributed by atoms with van der Waals surface area (Å²) in [7, 11) is -4.11. The second kappa shape index (κ2) is 12.6. The normalized spacial score (nSPS) is 24.1. The smallest absolute Gasteiger partial charge is 0.380 e. The molecular formula is C26H28Cl2FN4O8P. The van der Waals surface area contributed by atoms with E-state index in [1.54, 1.807) is 44.2 Å². The van der Waals surface area contributed by atoms with Crippen molar-refractivity contribution in [2.45, 2.75) is 50.2 Å². The molecule has 1 fully saturated rings. The summed E-state index contributed by atoms with van der Waals surface area (Å²) >= 11 is 12.4.